The molecule has 0 aliphatic heterocycles. The second-order valence-electron chi connectivity index (χ2n) is 5.33. The molecule has 0 fully saturated rings. The zero-order valence-electron chi connectivity index (χ0n) is 9.69. The highest BCUT2D eigenvalue weighted by Gasteiger charge is 2.24. The van der Waals surface area contributed by atoms with Gasteiger partial charge in [-0.2, -0.15) is 0 Å². The van der Waals surface area contributed by atoms with Gasteiger partial charge in [-0.1, -0.05) is 39.3 Å². The van der Waals surface area contributed by atoms with E-state index >= 15 is 0 Å². The molecule has 1 aromatic heterocycles. The van der Waals surface area contributed by atoms with E-state index < -0.39 is 0 Å². The van der Waals surface area contributed by atoms with Crippen LogP contribution in [0.3, 0.4) is 0 Å². The smallest absolute Gasteiger partial charge is 0.112 e. The maximum Gasteiger partial charge on any atom is 0.112 e. The minimum Gasteiger partial charge on any atom is -0.345 e. The minimum absolute atomic E-state index is 0.0703. The number of allylic oxidation sites excluding steroid dienone is 1. The lowest BCUT2D eigenvalue weighted by Crippen LogP contribution is -2.13. The number of hydrogen-bond acceptors (Lipinski definition) is 1. The maximum atomic E-state index is 6.13. The molecule has 0 amide bonds. The van der Waals surface area contributed by atoms with Gasteiger partial charge in [0.2, 0.25) is 0 Å². The highest BCUT2D eigenvalue weighted by Crippen LogP contribution is 2.31. The average Bonchev–Trinajstić information content (AvgIpc) is 2.47. The van der Waals surface area contributed by atoms with Crippen LogP contribution < -0.4 is 0 Å². The minimum atomic E-state index is 0.0703. The molecule has 82 valence electrons. The Morgan fingerprint density at radius 1 is 1.47 bits per heavy atom. The molecule has 1 atom stereocenters. The third-order valence-electron chi connectivity index (χ3n) is 2.78. The molecule has 1 aliphatic rings. The van der Waals surface area contributed by atoms with Crippen LogP contribution in [0.1, 0.15) is 44.9 Å². The topological polar surface area (TPSA) is 28.7 Å². The first-order valence-corrected chi connectivity index (χ1v) is 5.72. The molecule has 0 bridgehead atoms. The second kappa shape index (κ2) is 3.38. The van der Waals surface area contributed by atoms with Gasteiger partial charge in [-0.15, -0.1) is 0 Å². The van der Waals surface area contributed by atoms with Crippen molar-refractivity contribution < 1.29 is 0 Å². The van der Waals surface area contributed by atoms with E-state index in [0.29, 0.717) is 5.92 Å². The lowest BCUT2D eigenvalue weighted by molar-refractivity contribution is 0.550. The molecule has 1 unspecified atom stereocenters. The summed E-state index contributed by atoms with van der Waals surface area (Å²) in [6.45, 7) is 8.61. The van der Waals surface area contributed by atoms with Crippen LogP contribution in [0.25, 0.3) is 6.08 Å². The molecule has 1 heterocycles. The Labute approximate surface area is 95.8 Å². The Morgan fingerprint density at radius 3 is 2.73 bits per heavy atom. The fourth-order valence-corrected chi connectivity index (χ4v) is 1.91. The number of aromatic nitrogens is 2. The van der Waals surface area contributed by atoms with Gasteiger partial charge in [0.1, 0.15) is 5.82 Å². The van der Waals surface area contributed by atoms with E-state index in [0.717, 1.165) is 23.0 Å². The number of nitrogens with zero attached hydrogens (tertiary/aromatic N) is 1. The number of H-pyrrole nitrogens is 1. The third kappa shape index (κ3) is 1.96. The van der Waals surface area contributed by atoms with Crippen LogP contribution in [0, 0.1) is 5.92 Å². The first-order chi connectivity index (χ1) is 6.88. The van der Waals surface area contributed by atoms with E-state index in [9.17, 15) is 0 Å². The van der Waals surface area contributed by atoms with Gasteiger partial charge < -0.3 is 4.98 Å². The fraction of sp³-hybridized carbons (Fsp3) is 0.583. The van der Waals surface area contributed by atoms with Crippen molar-refractivity contribution in [2.75, 3.05) is 0 Å². The molecule has 0 radical (unpaired) electrons. The molecule has 0 aromatic carbocycles. The second-order valence-corrected chi connectivity index (χ2v) is 5.77. The molecular weight excluding hydrogens is 208 g/mol. The van der Waals surface area contributed by atoms with Crippen molar-refractivity contribution in [3.63, 3.8) is 0 Å². The van der Waals surface area contributed by atoms with Crippen molar-refractivity contribution in [1.82, 2.24) is 9.97 Å². The molecule has 1 aliphatic carbocycles. The summed E-state index contributed by atoms with van der Waals surface area (Å²) in [6, 6.07) is 0. The Kier molecular flexibility index (Phi) is 2.42. The van der Waals surface area contributed by atoms with Crippen molar-refractivity contribution in [3.05, 3.63) is 22.2 Å². The Balaban J connectivity index is 2.43. The number of fused-ring (bicyclic) bond motifs is 1. The zero-order chi connectivity index (χ0) is 11.2. The lowest BCUT2D eigenvalue weighted by Gasteiger charge is -2.15. The number of rotatable bonds is 0. The van der Waals surface area contributed by atoms with Gasteiger partial charge in [0.05, 0.1) is 5.69 Å². The molecular formula is C12H17ClN2. The molecule has 0 saturated heterocycles. The normalized spacial score (nSPS) is 21.1. The molecule has 1 N–H and O–H groups in total. The summed E-state index contributed by atoms with van der Waals surface area (Å²) < 4.78 is 0. The molecule has 2 rings (SSSR count). The van der Waals surface area contributed by atoms with Crippen molar-refractivity contribution >= 4 is 17.7 Å². The summed E-state index contributed by atoms with van der Waals surface area (Å²) in [5.41, 5.74) is 2.31. The summed E-state index contributed by atoms with van der Waals surface area (Å²) in [5.74, 6) is 1.45. The van der Waals surface area contributed by atoms with Crippen LogP contribution in [0.15, 0.2) is 5.03 Å². The predicted molar refractivity (Wildman–Crippen MR) is 64.0 cm³/mol. The fourth-order valence-electron chi connectivity index (χ4n) is 1.73. The van der Waals surface area contributed by atoms with Crippen molar-refractivity contribution in [1.29, 1.82) is 0 Å². The van der Waals surface area contributed by atoms with Crippen molar-refractivity contribution in [3.8, 4) is 0 Å². The summed E-state index contributed by atoms with van der Waals surface area (Å²) in [7, 11) is 0. The first kappa shape index (κ1) is 10.7. The number of nitrogens with one attached hydrogen (secondary N) is 1. The SMILES string of the molecule is CC1Cc2[nH]c(C(C)(C)C)nc2C=C1Cl. The largest absolute Gasteiger partial charge is 0.345 e. The highest BCUT2D eigenvalue weighted by molar-refractivity contribution is 6.31. The summed E-state index contributed by atoms with van der Waals surface area (Å²) >= 11 is 6.13. The Morgan fingerprint density at radius 2 is 2.13 bits per heavy atom. The summed E-state index contributed by atoms with van der Waals surface area (Å²) in [5, 5.41) is 0.912. The quantitative estimate of drug-likeness (QED) is 0.718. The van der Waals surface area contributed by atoms with Gasteiger partial charge in [0.25, 0.3) is 0 Å². The van der Waals surface area contributed by atoms with Crippen LogP contribution in [0.2, 0.25) is 0 Å². The third-order valence-corrected chi connectivity index (χ3v) is 3.26. The maximum absolute atomic E-state index is 6.13. The van der Waals surface area contributed by atoms with Crippen molar-refractivity contribution in [2.45, 2.75) is 39.5 Å². The standard InChI is InChI=1S/C12H17ClN2/c1-7-5-9-10(6-8(7)13)15-11(14-9)12(2,3)4/h6-7H,5H2,1-4H3,(H,14,15). The number of halogens is 1. The van der Waals surface area contributed by atoms with Crippen LogP contribution in [0.5, 0.6) is 0 Å². The molecule has 0 spiro atoms. The predicted octanol–water partition coefficient (Wildman–Crippen LogP) is 3.48. The van der Waals surface area contributed by atoms with Gasteiger partial charge in [0, 0.05) is 16.1 Å². The van der Waals surface area contributed by atoms with Crippen LogP contribution in [-0.2, 0) is 11.8 Å². The van der Waals surface area contributed by atoms with E-state index in [1.165, 1.54) is 5.69 Å². The van der Waals surface area contributed by atoms with E-state index in [4.69, 9.17) is 11.6 Å². The molecule has 2 nitrogen and oxygen atoms in total. The monoisotopic (exact) mass is 224 g/mol. The van der Waals surface area contributed by atoms with Crippen LogP contribution in [-0.4, -0.2) is 9.97 Å². The number of hydrogen-bond donors (Lipinski definition) is 1. The number of aromatic amines is 1. The molecule has 0 saturated carbocycles. The van der Waals surface area contributed by atoms with E-state index in [1.807, 2.05) is 6.08 Å². The zero-order valence-corrected chi connectivity index (χ0v) is 10.4. The molecule has 1 aromatic rings. The average molecular weight is 225 g/mol. The summed E-state index contributed by atoms with van der Waals surface area (Å²) in [4.78, 5) is 8.00. The Hall–Kier alpha value is -0.760. The first-order valence-electron chi connectivity index (χ1n) is 5.34. The van der Waals surface area contributed by atoms with Crippen molar-refractivity contribution in [2.24, 2.45) is 5.92 Å². The lowest BCUT2D eigenvalue weighted by atomic mass is 9.96. The van der Waals surface area contributed by atoms with Crippen LogP contribution >= 0.6 is 11.6 Å². The Bertz CT molecular complexity index is 410. The highest BCUT2D eigenvalue weighted by atomic mass is 35.5. The summed E-state index contributed by atoms with van der Waals surface area (Å²) in [6.07, 6.45) is 2.95. The molecule has 15 heavy (non-hydrogen) atoms. The van der Waals surface area contributed by atoms with Gasteiger partial charge in [-0.05, 0) is 18.4 Å². The van der Waals surface area contributed by atoms with Gasteiger partial charge in [-0.25, -0.2) is 4.98 Å². The van der Waals surface area contributed by atoms with E-state index in [-0.39, 0.29) is 5.41 Å². The number of imidazole rings is 1. The van der Waals surface area contributed by atoms with E-state index in [1.54, 1.807) is 0 Å². The van der Waals surface area contributed by atoms with Gasteiger partial charge in [0.15, 0.2) is 0 Å². The van der Waals surface area contributed by atoms with E-state index in [2.05, 4.69) is 37.7 Å². The molecule has 3 heteroatoms. The van der Waals surface area contributed by atoms with Gasteiger partial charge >= 0.3 is 0 Å². The van der Waals surface area contributed by atoms with Crippen LogP contribution in [0.4, 0.5) is 0 Å². The van der Waals surface area contributed by atoms with Gasteiger partial charge in [-0.3, -0.25) is 0 Å².